The van der Waals surface area contributed by atoms with Crippen molar-refractivity contribution in [3.63, 3.8) is 0 Å². The van der Waals surface area contributed by atoms with Crippen LogP contribution in [0.1, 0.15) is 36.8 Å². The Bertz CT molecular complexity index is 864. The fourth-order valence-electron chi connectivity index (χ4n) is 4.64. The zero-order chi connectivity index (χ0) is 18.9. The first-order valence-corrected chi connectivity index (χ1v) is 11.3. The van der Waals surface area contributed by atoms with Gasteiger partial charge < -0.3 is 0 Å². The largest absolute Gasteiger partial charge is 0.293 e. The Balaban J connectivity index is 1.59. The summed E-state index contributed by atoms with van der Waals surface area (Å²) in [6, 6.07) is 17.9. The first-order chi connectivity index (χ1) is 13.0. The van der Waals surface area contributed by atoms with E-state index >= 15 is 0 Å². The molecule has 4 rings (SSSR count). The second kappa shape index (κ2) is 7.38. The lowest BCUT2D eigenvalue weighted by Crippen LogP contribution is -2.53. The van der Waals surface area contributed by atoms with Crippen molar-refractivity contribution < 1.29 is 8.42 Å². The van der Waals surface area contributed by atoms with Crippen molar-refractivity contribution in [3.8, 4) is 0 Å². The molecule has 0 bridgehead atoms. The molecule has 2 aromatic rings. The van der Waals surface area contributed by atoms with Crippen LogP contribution in [0.4, 0.5) is 0 Å². The molecule has 2 saturated heterocycles. The van der Waals surface area contributed by atoms with Gasteiger partial charge in [-0.1, -0.05) is 48.0 Å². The summed E-state index contributed by atoms with van der Waals surface area (Å²) in [5.74, 6) is 0. The summed E-state index contributed by atoms with van der Waals surface area (Å²) in [5, 5.41) is 0. The monoisotopic (exact) mass is 384 g/mol. The lowest BCUT2D eigenvalue weighted by Gasteiger charge is -2.47. The predicted molar refractivity (Wildman–Crippen MR) is 108 cm³/mol. The average molecular weight is 385 g/mol. The molecular formula is C22H28N2O2S. The van der Waals surface area contributed by atoms with Gasteiger partial charge in [0.1, 0.15) is 0 Å². The van der Waals surface area contributed by atoms with E-state index in [0.29, 0.717) is 18.0 Å². The molecule has 144 valence electrons. The first-order valence-electron chi connectivity index (χ1n) is 9.90. The minimum atomic E-state index is -3.42. The lowest BCUT2D eigenvalue weighted by molar-refractivity contribution is 0.0572. The summed E-state index contributed by atoms with van der Waals surface area (Å²) in [6.07, 6.45) is 4.17. The van der Waals surface area contributed by atoms with Crippen molar-refractivity contribution in [2.24, 2.45) is 0 Å². The molecule has 0 N–H and O–H groups in total. The van der Waals surface area contributed by atoms with Gasteiger partial charge in [0.15, 0.2) is 0 Å². The fraction of sp³-hybridized carbons (Fsp3) is 0.455. The molecule has 0 saturated carbocycles. The molecule has 27 heavy (non-hydrogen) atoms. The van der Waals surface area contributed by atoms with Crippen molar-refractivity contribution >= 4 is 10.0 Å². The van der Waals surface area contributed by atoms with Gasteiger partial charge in [0.2, 0.25) is 10.0 Å². The number of piperidine rings is 1. The molecule has 2 fully saturated rings. The van der Waals surface area contributed by atoms with Crippen LogP contribution in [-0.4, -0.2) is 43.8 Å². The topological polar surface area (TPSA) is 40.6 Å². The number of hydrogen-bond acceptors (Lipinski definition) is 3. The first kappa shape index (κ1) is 18.7. The highest BCUT2D eigenvalue weighted by molar-refractivity contribution is 7.89. The van der Waals surface area contributed by atoms with Gasteiger partial charge in [-0.05, 0) is 63.4 Å². The SMILES string of the molecule is Cc1ccc(S(=O)(=O)N2CCC(c3ccccc3)(N3CCCC3)CC2)cc1. The van der Waals surface area contributed by atoms with Gasteiger partial charge in [0.05, 0.1) is 4.90 Å². The van der Waals surface area contributed by atoms with Crippen LogP contribution in [0.5, 0.6) is 0 Å². The maximum absolute atomic E-state index is 13.1. The quantitative estimate of drug-likeness (QED) is 0.806. The van der Waals surface area contributed by atoms with E-state index in [0.717, 1.165) is 31.5 Å². The molecule has 5 heteroatoms. The van der Waals surface area contributed by atoms with E-state index < -0.39 is 10.0 Å². The highest BCUT2D eigenvalue weighted by atomic mass is 32.2. The molecule has 0 unspecified atom stereocenters. The maximum atomic E-state index is 13.1. The molecule has 2 heterocycles. The Hall–Kier alpha value is -1.69. The van der Waals surface area contributed by atoms with Crippen LogP contribution in [-0.2, 0) is 15.6 Å². The zero-order valence-electron chi connectivity index (χ0n) is 16.0. The number of nitrogens with zero attached hydrogens (tertiary/aromatic N) is 2. The van der Waals surface area contributed by atoms with Crippen molar-refractivity contribution in [2.75, 3.05) is 26.2 Å². The number of hydrogen-bond donors (Lipinski definition) is 0. The van der Waals surface area contributed by atoms with Crippen LogP contribution >= 0.6 is 0 Å². The van der Waals surface area contributed by atoms with Crippen LogP contribution in [0.3, 0.4) is 0 Å². The lowest BCUT2D eigenvalue weighted by atomic mass is 9.80. The third-order valence-electron chi connectivity index (χ3n) is 6.23. The Labute approximate surface area is 162 Å². The normalized spacial score (nSPS) is 21.4. The minimum absolute atomic E-state index is 0.0307. The van der Waals surface area contributed by atoms with Crippen molar-refractivity contribution in [1.82, 2.24) is 9.21 Å². The van der Waals surface area contributed by atoms with Gasteiger partial charge in [-0.2, -0.15) is 4.31 Å². The molecule has 0 aliphatic carbocycles. The van der Waals surface area contributed by atoms with Gasteiger partial charge >= 0.3 is 0 Å². The Morgan fingerprint density at radius 1 is 0.815 bits per heavy atom. The van der Waals surface area contributed by atoms with E-state index in [4.69, 9.17) is 0 Å². The van der Waals surface area contributed by atoms with Crippen LogP contribution < -0.4 is 0 Å². The summed E-state index contributed by atoms with van der Waals surface area (Å²) in [5.41, 5.74) is 2.38. The summed E-state index contributed by atoms with van der Waals surface area (Å²) in [6.45, 7) is 5.34. The molecule has 2 aliphatic heterocycles. The number of benzene rings is 2. The van der Waals surface area contributed by atoms with Crippen molar-refractivity contribution in [3.05, 3.63) is 65.7 Å². The number of rotatable bonds is 4. The summed E-state index contributed by atoms with van der Waals surface area (Å²) in [4.78, 5) is 3.00. The second-order valence-corrected chi connectivity index (χ2v) is 9.75. The van der Waals surface area contributed by atoms with E-state index in [1.54, 1.807) is 16.4 Å². The molecule has 2 aliphatic rings. The molecular weight excluding hydrogens is 356 g/mol. The van der Waals surface area contributed by atoms with Crippen LogP contribution in [0.15, 0.2) is 59.5 Å². The zero-order valence-corrected chi connectivity index (χ0v) is 16.8. The second-order valence-electron chi connectivity index (χ2n) is 7.81. The number of aryl methyl sites for hydroxylation is 1. The third-order valence-corrected chi connectivity index (χ3v) is 8.14. The van der Waals surface area contributed by atoms with E-state index in [1.165, 1.54) is 18.4 Å². The van der Waals surface area contributed by atoms with E-state index in [-0.39, 0.29) is 5.54 Å². The molecule has 0 radical (unpaired) electrons. The molecule has 0 amide bonds. The standard InChI is InChI=1S/C22H28N2O2S/c1-19-9-11-21(12-10-19)27(25,26)24-17-13-22(14-18-24,23-15-5-6-16-23)20-7-3-2-4-8-20/h2-4,7-12H,5-6,13-18H2,1H3. The Morgan fingerprint density at radius 3 is 2.00 bits per heavy atom. The molecule has 0 spiro atoms. The smallest absolute Gasteiger partial charge is 0.243 e. The highest BCUT2D eigenvalue weighted by Crippen LogP contribution is 2.41. The molecule has 4 nitrogen and oxygen atoms in total. The number of sulfonamides is 1. The average Bonchev–Trinajstić information content (AvgIpc) is 3.24. The van der Waals surface area contributed by atoms with Crippen LogP contribution in [0, 0.1) is 6.92 Å². The number of likely N-dealkylation sites (tertiary alicyclic amines) is 1. The minimum Gasteiger partial charge on any atom is -0.293 e. The Morgan fingerprint density at radius 2 is 1.41 bits per heavy atom. The molecule has 2 aromatic carbocycles. The Kier molecular flexibility index (Phi) is 5.10. The van der Waals surface area contributed by atoms with Gasteiger partial charge in [-0.25, -0.2) is 8.42 Å². The van der Waals surface area contributed by atoms with Gasteiger partial charge in [0, 0.05) is 18.6 Å². The van der Waals surface area contributed by atoms with E-state index in [9.17, 15) is 8.42 Å². The summed E-state index contributed by atoms with van der Waals surface area (Å²) >= 11 is 0. The molecule has 0 atom stereocenters. The molecule has 0 aromatic heterocycles. The van der Waals surface area contributed by atoms with Crippen LogP contribution in [0.2, 0.25) is 0 Å². The predicted octanol–water partition coefficient (Wildman–Crippen LogP) is 3.77. The van der Waals surface area contributed by atoms with Gasteiger partial charge in [-0.15, -0.1) is 0 Å². The van der Waals surface area contributed by atoms with E-state index in [1.807, 2.05) is 19.1 Å². The fourth-order valence-corrected chi connectivity index (χ4v) is 6.08. The highest BCUT2D eigenvalue weighted by Gasteiger charge is 2.44. The summed E-state index contributed by atoms with van der Waals surface area (Å²) in [7, 11) is -3.42. The van der Waals surface area contributed by atoms with Crippen molar-refractivity contribution in [2.45, 2.75) is 43.0 Å². The van der Waals surface area contributed by atoms with Crippen LogP contribution in [0.25, 0.3) is 0 Å². The van der Waals surface area contributed by atoms with Gasteiger partial charge in [-0.3, -0.25) is 4.90 Å². The maximum Gasteiger partial charge on any atom is 0.243 e. The van der Waals surface area contributed by atoms with E-state index in [2.05, 4.69) is 35.2 Å². The summed E-state index contributed by atoms with van der Waals surface area (Å²) < 4.78 is 27.8. The third kappa shape index (κ3) is 3.44. The van der Waals surface area contributed by atoms with Gasteiger partial charge in [0.25, 0.3) is 0 Å². The van der Waals surface area contributed by atoms with Crippen molar-refractivity contribution in [1.29, 1.82) is 0 Å².